The Morgan fingerprint density at radius 1 is 1.17 bits per heavy atom. The topological polar surface area (TPSA) is 68.8 Å². The highest BCUT2D eigenvalue weighted by Crippen LogP contribution is 2.29. The Bertz CT molecular complexity index is 1170. The molecule has 7 nitrogen and oxygen atoms in total. The Balaban J connectivity index is 2.01. The van der Waals surface area contributed by atoms with Crippen LogP contribution in [-0.4, -0.2) is 48.9 Å². The number of aryl methyl sites for hydroxylation is 2. The fraction of sp³-hybridized carbons (Fsp3) is 0.273. The fourth-order valence-corrected chi connectivity index (χ4v) is 3.61. The number of rotatable bonds is 5. The predicted molar refractivity (Wildman–Crippen MR) is 113 cm³/mol. The minimum Gasteiger partial charge on any atom is -0.342 e. The van der Waals surface area contributed by atoms with Gasteiger partial charge in [0.2, 0.25) is 0 Å². The molecule has 4 rings (SSSR count). The average Bonchev–Trinajstić information content (AvgIpc) is 3.31. The number of carbonyl (C=O) groups excluding carboxylic acids is 1. The lowest BCUT2D eigenvalue weighted by molar-refractivity contribution is 0.0797. The second-order valence-electron chi connectivity index (χ2n) is 7.15. The van der Waals surface area contributed by atoms with Crippen molar-refractivity contribution in [3.8, 4) is 17.1 Å². The molecule has 1 aromatic carbocycles. The van der Waals surface area contributed by atoms with Gasteiger partial charge in [0.15, 0.2) is 5.65 Å². The van der Waals surface area contributed by atoms with Gasteiger partial charge in [-0.1, -0.05) is 25.1 Å². The number of fused-ring (bicyclic) bond motifs is 1. The molecule has 0 spiro atoms. The zero-order valence-corrected chi connectivity index (χ0v) is 17.1. The molecule has 0 saturated carbocycles. The quantitative estimate of drug-likeness (QED) is 0.524. The number of para-hydroxylation sites is 1. The van der Waals surface area contributed by atoms with E-state index in [2.05, 4.69) is 12.0 Å². The summed E-state index contributed by atoms with van der Waals surface area (Å²) in [7, 11) is 3.70. The molecule has 1 amide bonds. The van der Waals surface area contributed by atoms with E-state index in [1.807, 2.05) is 63.5 Å². The summed E-state index contributed by atoms with van der Waals surface area (Å²) in [6.07, 6.45) is 2.62. The first-order valence-electron chi connectivity index (χ1n) is 9.71. The van der Waals surface area contributed by atoms with Crippen LogP contribution in [0.4, 0.5) is 0 Å². The van der Waals surface area contributed by atoms with E-state index in [9.17, 15) is 4.79 Å². The molecular weight excluding hydrogens is 364 g/mol. The number of benzene rings is 1. The molecule has 3 heterocycles. The van der Waals surface area contributed by atoms with E-state index in [4.69, 9.17) is 10.1 Å². The zero-order chi connectivity index (χ0) is 20.5. The molecule has 29 heavy (non-hydrogen) atoms. The van der Waals surface area contributed by atoms with E-state index >= 15 is 0 Å². The molecule has 0 aliphatic rings. The van der Waals surface area contributed by atoms with Crippen molar-refractivity contribution < 1.29 is 4.79 Å². The molecule has 3 aromatic heterocycles. The van der Waals surface area contributed by atoms with Crippen molar-refractivity contribution in [2.45, 2.75) is 20.3 Å². The van der Waals surface area contributed by atoms with Crippen molar-refractivity contribution in [3.63, 3.8) is 0 Å². The SMILES string of the molecule is CCCN(C)C(=O)c1cc(-c2ccnn2C)nc2c1c(C)nn2-c1ccccc1. The van der Waals surface area contributed by atoms with Crippen molar-refractivity contribution in [1.29, 1.82) is 0 Å². The lowest BCUT2D eigenvalue weighted by Gasteiger charge is -2.17. The maximum absolute atomic E-state index is 13.3. The Kier molecular flexibility index (Phi) is 4.88. The minimum absolute atomic E-state index is 0.0293. The van der Waals surface area contributed by atoms with Gasteiger partial charge in [-0.25, -0.2) is 9.67 Å². The van der Waals surface area contributed by atoms with Crippen molar-refractivity contribution >= 4 is 16.9 Å². The van der Waals surface area contributed by atoms with Crippen LogP contribution in [-0.2, 0) is 7.05 Å². The lowest BCUT2D eigenvalue weighted by atomic mass is 10.1. The van der Waals surface area contributed by atoms with Crippen LogP contribution >= 0.6 is 0 Å². The molecule has 148 valence electrons. The molecule has 0 aliphatic heterocycles. The number of aromatic nitrogens is 5. The van der Waals surface area contributed by atoms with Gasteiger partial charge in [-0.15, -0.1) is 0 Å². The summed E-state index contributed by atoms with van der Waals surface area (Å²) in [6, 6.07) is 13.6. The lowest BCUT2D eigenvalue weighted by Crippen LogP contribution is -2.27. The van der Waals surface area contributed by atoms with Gasteiger partial charge in [0, 0.05) is 26.8 Å². The summed E-state index contributed by atoms with van der Waals surface area (Å²) in [5, 5.41) is 9.76. The summed E-state index contributed by atoms with van der Waals surface area (Å²) < 4.78 is 3.56. The largest absolute Gasteiger partial charge is 0.342 e. The maximum Gasteiger partial charge on any atom is 0.254 e. The summed E-state index contributed by atoms with van der Waals surface area (Å²) in [5.41, 5.74) is 4.50. The van der Waals surface area contributed by atoms with E-state index < -0.39 is 0 Å². The van der Waals surface area contributed by atoms with Crippen LogP contribution in [0.2, 0.25) is 0 Å². The van der Waals surface area contributed by atoms with Crippen molar-refractivity contribution in [2.24, 2.45) is 7.05 Å². The first kappa shape index (κ1) is 18.9. The second kappa shape index (κ2) is 7.50. The van der Waals surface area contributed by atoms with Crippen molar-refractivity contribution in [3.05, 3.63) is 59.9 Å². The average molecular weight is 388 g/mol. The summed E-state index contributed by atoms with van der Waals surface area (Å²) >= 11 is 0. The standard InChI is InChI=1S/C22H24N6O/c1-5-13-26(3)22(29)17-14-18(19-11-12-23-27(19)4)24-21-20(17)15(2)25-28(21)16-9-7-6-8-10-16/h6-12,14H,5,13H2,1-4H3. The van der Waals surface area contributed by atoms with Crippen molar-refractivity contribution in [1.82, 2.24) is 29.4 Å². The van der Waals surface area contributed by atoms with Crippen LogP contribution in [0.3, 0.4) is 0 Å². The molecule has 0 saturated heterocycles. The van der Waals surface area contributed by atoms with Gasteiger partial charge in [0.1, 0.15) is 0 Å². The molecule has 0 unspecified atom stereocenters. The van der Waals surface area contributed by atoms with Gasteiger partial charge in [0.05, 0.1) is 33.7 Å². The highest BCUT2D eigenvalue weighted by atomic mass is 16.2. The molecule has 0 fully saturated rings. The molecule has 0 atom stereocenters. The van der Waals surface area contributed by atoms with Crippen LogP contribution in [0.25, 0.3) is 28.1 Å². The predicted octanol–water partition coefficient (Wildman–Crippen LogP) is 3.61. The van der Waals surface area contributed by atoms with Crippen LogP contribution in [0.5, 0.6) is 0 Å². The van der Waals surface area contributed by atoms with Gasteiger partial charge in [0.25, 0.3) is 5.91 Å². The number of pyridine rings is 1. The van der Waals surface area contributed by atoms with Crippen LogP contribution in [0.15, 0.2) is 48.7 Å². The Hall–Kier alpha value is -3.48. The summed E-state index contributed by atoms with van der Waals surface area (Å²) in [6.45, 7) is 4.67. The van der Waals surface area contributed by atoms with Gasteiger partial charge < -0.3 is 4.90 Å². The van der Waals surface area contributed by atoms with E-state index in [1.165, 1.54) is 0 Å². The second-order valence-corrected chi connectivity index (χ2v) is 7.15. The van der Waals surface area contributed by atoms with E-state index in [-0.39, 0.29) is 5.91 Å². The number of carbonyl (C=O) groups is 1. The fourth-order valence-electron chi connectivity index (χ4n) is 3.61. The molecule has 0 N–H and O–H groups in total. The molecule has 0 radical (unpaired) electrons. The minimum atomic E-state index is -0.0293. The molecular formula is C22H24N6O. The third-order valence-corrected chi connectivity index (χ3v) is 5.03. The molecule has 4 aromatic rings. The Morgan fingerprint density at radius 2 is 1.93 bits per heavy atom. The highest BCUT2D eigenvalue weighted by molar-refractivity contribution is 6.07. The van der Waals surface area contributed by atoms with E-state index in [1.54, 1.807) is 20.5 Å². The van der Waals surface area contributed by atoms with Gasteiger partial charge in [-0.3, -0.25) is 9.48 Å². The third-order valence-electron chi connectivity index (χ3n) is 5.03. The smallest absolute Gasteiger partial charge is 0.254 e. The number of hydrogen-bond donors (Lipinski definition) is 0. The third kappa shape index (κ3) is 3.29. The number of nitrogens with zero attached hydrogens (tertiary/aromatic N) is 6. The highest BCUT2D eigenvalue weighted by Gasteiger charge is 2.23. The Morgan fingerprint density at radius 3 is 2.59 bits per heavy atom. The number of amides is 1. The van der Waals surface area contributed by atoms with Gasteiger partial charge in [-0.05, 0) is 37.6 Å². The molecule has 0 bridgehead atoms. The van der Waals surface area contributed by atoms with Crippen LogP contribution < -0.4 is 0 Å². The summed E-state index contributed by atoms with van der Waals surface area (Å²) in [4.78, 5) is 19.9. The molecule has 7 heteroatoms. The van der Waals surface area contributed by atoms with E-state index in [0.717, 1.165) is 28.9 Å². The van der Waals surface area contributed by atoms with Crippen LogP contribution in [0, 0.1) is 6.92 Å². The van der Waals surface area contributed by atoms with Gasteiger partial charge in [-0.2, -0.15) is 10.2 Å². The van der Waals surface area contributed by atoms with Crippen molar-refractivity contribution in [2.75, 3.05) is 13.6 Å². The normalized spacial score (nSPS) is 11.2. The summed E-state index contributed by atoms with van der Waals surface area (Å²) in [5.74, 6) is -0.0293. The number of hydrogen-bond acceptors (Lipinski definition) is 4. The first-order valence-corrected chi connectivity index (χ1v) is 9.71. The monoisotopic (exact) mass is 388 g/mol. The maximum atomic E-state index is 13.3. The Labute approximate surface area is 169 Å². The van der Waals surface area contributed by atoms with Gasteiger partial charge >= 0.3 is 0 Å². The van der Waals surface area contributed by atoms with E-state index in [0.29, 0.717) is 23.4 Å². The zero-order valence-electron chi connectivity index (χ0n) is 17.1. The first-order chi connectivity index (χ1) is 14.0. The van der Waals surface area contributed by atoms with Crippen LogP contribution in [0.1, 0.15) is 29.4 Å². The molecule has 0 aliphatic carbocycles.